The number of nitro groups is 1. The molecular formula is C14H17N5O4S. The number of benzene rings is 1. The molecule has 0 fully saturated rings. The molecule has 0 radical (unpaired) electrons. The summed E-state index contributed by atoms with van der Waals surface area (Å²) < 4.78 is 26.9. The molecule has 0 saturated heterocycles. The van der Waals surface area contributed by atoms with E-state index in [0.717, 1.165) is 17.8 Å². The molecular weight excluding hydrogens is 334 g/mol. The number of rotatable bonds is 6. The summed E-state index contributed by atoms with van der Waals surface area (Å²) in [7, 11) is -0.161. The van der Waals surface area contributed by atoms with E-state index in [1.54, 1.807) is 17.9 Å². The smallest absolute Gasteiger partial charge is 0.269 e. The second kappa shape index (κ2) is 6.89. The molecule has 9 nitrogen and oxygen atoms in total. The highest BCUT2D eigenvalue weighted by atomic mass is 32.2. The average Bonchev–Trinajstić information content (AvgIpc) is 2.52. The van der Waals surface area contributed by atoms with E-state index < -0.39 is 14.9 Å². The monoisotopic (exact) mass is 351 g/mol. The third-order valence-corrected chi connectivity index (χ3v) is 4.54. The highest BCUT2D eigenvalue weighted by Gasteiger charge is 2.16. The first kappa shape index (κ1) is 17.8. The van der Waals surface area contributed by atoms with Crippen LogP contribution < -0.4 is 9.62 Å². The number of nitro benzene ring substituents is 1. The highest BCUT2D eigenvalue weighted by Crippen LogP contribution is 2.16. The van der Waals surface area contributed by atoms with Gasteiger partial charge < -0.3 is 4.90 Å². The number of aryl methyl sites for hydroxylation is 1. The average molecular weight is 351 g/mol. The molecule has 0 saturated carbocycles. The van der Waals surface area contributed by atoms with Crippen molar-refractivity contribution in [2.75, 3.05) is 19.0 Å². The van der Waals surface area contributed by atoms with Crippen molar-refractivity contribution in [2.45, 2.75) is 18.4 Å². The van der Waals surface area contributed by atoms with E-state index in [1.165, 1.54) is 12.1 Å². The van der Waals surface area contributed by atoms with Gasteiger partial charge in [-0.3, -0.25) is 10.1 Å². The van der Waals surface area contributed by atoms with Crippen LogP contribution in [0.3, 0.4) is 0 Å². The molecule has 128 valence electrons. The van der Waals surface area contributed by atoms with E-state index >= 15 is 0 Å². The molecule has 0 bridgehead atoms. The van der Waals surface area contributed by atoms with Gasteiger partial charge in [0.05, 0.1) is 16.4 Å². The second-order valence-corrected chi connectivity index (χ2v) is 7.02. The van der Waals surface area contributed by atoms with E-state index in [9.17, 15) is 18.5 Å². The summed E-state index contributed by atoms with van der Waals surface area (Å²) >= 11 is 0. The fourth-order valence-corrected chi connectivity index (χ4v) is 2.89. The summed E-state index contributed by atoms with van der Waals surface area (Å²) in [5, 5.41) is 10.6. The maximum atomic E-state index is 12.2. The maximum Gasteiger partial charge on any atom is 0.269 e. The predicted octanol–water partition coefficient (Wildman–Crippen LogP) is 1.24. The fraction of sp³-hybridized carbons (Fsp3) is 0.286. The van der Waals surface area contributed by atoms with E-state index in [0.29, 0.717) is 11.6 Å². The normalized spacial score (nSPS) is 11.3. The van der Waals surface area contributed by atoms with E-state index in [1.807, 2.05) is 14.1 Å². The highest BCUT2D eigenvalue weighted by molar-refractivity contribution is 7.89. The van der Waals surface area contributed by atoms with Crippen molar-refractivity contribution in [2.24, 2.45) is 0 Å². The lowest BCUT2D eigenvalue weighted by Crippen LogP contribution is -2.25. The summed E-state index contributed by atoms with van der Waals surface area (Å²) in [4.78, 5) is 20.2. The van der Waals surface area contributed by atoms with Gasteiger partial charge in [-0.05, 0) is 19.1 Å². The Hall–Kier alpha value is -2.59. The Morgan fingerprint density at radius 3 is 2.38 bits per heavy atom. The Morgan fingerprint density at radius 2 is 1.83 bits per heavy atom. The van der Waals surface area contributed by atoms with Crippen molar-refractivity contribution < 1.29 is 13.3 Å². The summed E-state index contributed by atoms with van der Waals surface area (Å²) in [6.07, 6.45) is 0. The zero-order valence-corrected chi connectivity index (χ0v) is 14.2. The van der Waals surface area contributed by atoms with Crippen LogP contribution in [0.1, 0.15) is 11.5 Å². The molecule has 24 heavy (non-hydrogen) atoms. The third-order valence-electron chi connectivity index (χ3n) is 3.12. The summed E-state index contributed by atoms with van der Waals surface area (Å²) in [6.45, 7) is 1.71. The minimum absolute atomic E-state index is 0.0615. The topological polar surface area (TPSA) is 118 Å². The van der Waals surface area contributed by atoms with Crippen LogP contribution in [-0.4, -0.2) is 37.4 Å². The zero-order chi connectivity index (χ0) is 17.9. The number of non-ortho nitro benzene ring substituents is 1. The van der Waals surface area contributed by atoms with Crippen molar-refractivity contribution in [1.29, 1.82) is 0 Å². The lowest BCUT2D eigenvalue weighted by molar-refractivity contribution is -0.384. The summed E-state index contributed by atoms with van der Waals surface area (Å²) in [5.74, 6) is 1.01. The molecule has 0 atom stereocenters. The number of hydrogen-bond donors (Lipinski definition) is 1. The minimum Gasteiger partial charge on any atom is -0.363 e. The Kier molecular flexibility index (Phi) is 5.10. The second-order valence-electron chi connectivity index (χ2n) is 5.25. The Labute approximate surface area is 139 Å². The van der Waals surface area contributed by atoms with Crippen LogP contribution >= 0.6 is 0 Å². The minimum atomic E-state index is -3.81. The van der Waals surface area contributed by atoms with E-state index in [4.69, 9.17) is 0 Å². The van der Waals surface area contributed by atoms with Gasteiger partial charge in [-0.15, -0.1) is 0 Å². The number of anilines is 1. The molecule has 0 aliphatic carbocycles. The number of nitrogens with one attached hydrogen (secondary N) is 1. The largest absolute Gasteiger partial charge is 0.363 e. The van der Waals surface area contributed by atoms with Gasteiger partial charge in [-0.1, -0.05) is 0 Å². The predicted molar refractivity (Wildman–Crippen MR) is 88.2 cm³/mol. The van der Waals surface area contributed by atoms with Gasteiger partial charge >= 0.3 is 0 Å². The lowest BCUT2D eigenvalue weighted by atomic mass is 10.3. The molecule has 1 aromatic carbocycles. The first-order chi connectivity index (χ1) is 11.2. The standard InChI is InChI=1S/C14H17N5O4S/c1-10-8-14(18(2)3)17-13(16-10)9-15-24(22,23)12-6-4-11(5-7-12)19(20)21/h4-8,15H,9H2,1-3H3. The quantitative estimate of drug-likeness (QED) is 0.614. The molecule has 0 amide bonds. The first-order valence-corrected chi connectivity index (χ1v) is 8.43. The Balaban J connectivity index is 2.17. The molecule has 1 N–H and O–H groups in total. The van der Waals surface area contributed by atoms with E-state index in [-0.39, 0.29) is 17.1 Å². The van der Waals surface area contributed by atoms with Gasteiger partial charge in [0, 0.05) is 38.0 Å². The first-order valence-electron chi connectivity index (χ1n) is 6.95. The molecule has 0 unspecified atom stereocenters. The third kappa shape index (κ3) is 4.24. The van der Waals surface area contributed by atoms with Crippen LogP contribution in [0.2, 0.25) is 0 Å². The molecule has 0 spiro atoms. The summed E-state index contributed by atoms with van der Waals surface area (Å²) in [6, 6.07) is 6.43. The molecule has 1 heterocycles. The van der Waals surface area contributed by atoms with Gasteiger partial charge in [0.2, 0.25) is 10.0 Å². The van der Waals surface area contributed by atoms with Crippen molar-refractivity contribution in [3.63, 3.8) is 0 Å². The Bertz CT molecular complexity index is 850. The van der Waals surface area contributed by atoms with Crippen LogP contribution in [0.15, 0.2) is 35.2 Å². The van der Waals surface area contributed by atoms with Crippen LogP contribution in [0.25, 0.3) is 0 Å². The Morgan fingerprint density at radius 1 is 1.21 bits per heavy atom. The number of hydrogen-bond acceptors (Lipinski definition) is 7. The van der Waals surface area contributed by atoms with Gasteiger partial charge in [0.25, 0.3) is 5.69 Å². The van der Waals surface area contributed by atoms with Gasteiger partial charge in [-0.2, -0.15) is 0 Å². The molecule has 2 aromatic rings. The van der Waals surface area contributed by atoms with Crippen molar-refractivity contribution in [3.8, 4) is 0 Å². The van der Waals surface area contributed by atoms with Crippen LogP contribution in [0, 0.1) is 17.0 Å². The molecule has 0 aliphatic rings. The molecule has 10 heteroatoms. The fourth-order valence-electron chi connectivity index (χ4n) is 1.91. The van der Waals surface area contributed by atoms with Crippen LogP contribution in [-0.2, 0) is 16.6 Å². The number of sulfonamides is 1. The van der Waals surface area contributed by atoms with E-state index in [2.05, 4.69) is 14.7 Å². The molecule has 0 aliphatic heterocycles. The SMILES string of the molecule is Cc1cc(N(C)C)nc(CNS(=O)(=O)c2ccc([N+](=O)[O-])cc2)n1. The zero-order valence-electron chi connectivity index (χ0n) is 13.4. The van der Waals surface area contributed by atoms with Crippen molar-refractivity contribution in [3.05, 3.63) is 52.0 Å². The van der Waals surface area contributed by atoms with Crippen LogP contribution in [0.4, 0.5) is 11.5 Å². The molecule has 2 rings (SSSR count). The summed E-state index contributed by atoms with van der Waals surface area (Å²) in [5.41, 5.74) is 0.546. The van der Waals surface area contributed by atoms with Crippen molar-refractivity contribution in [1.82, 2.24) is 14.7 Å². The van der Waals surface area contributed by atoms with Crippen molar-refractivity contribution >= 4 is 21.5 Å². The maximum absolute atomic E-state index is 12.2. The number of aromatic nitrogens is 2. The number of nitrogens with zero attached hydrogens (tertiary/aromatic N) is 4. The van der Waals surface area contributed by atoms with Gasteiger partial charge in [0.15, 0.2) is 0 Å². The van der Waals surface area contributed by atoms with Crippen LogP contribution in [0.5, 0.6) is 0 Å². The van der Waals surface area contributed by atoms with Gasteiger partial charge in [0.1, 0.15) is 11.6 Å². The lowest BCUT2D eigenvalue weighted by Gasteiger charge is -2.13. The van der Waals surface area contributed by atoms with Gasteiger partial charge in [-0.25, -0.2) is 23.1 Å². The molecule has 1 aromatic heterocycles.